The normalized spacial score (nSPS) is 20.1. The Morgan fingerprint density at radius 2 is 1.90 bits per heavy atom. The molecule has 0 saturated carbocycles. The van der Waals surface area contributed by atoms with E-state index in [0.29, 0.717) is 13.0 Å². The zero-order valence-corrected chi connectivity index (χ0v) is 13.5. The van der Waals surface area contributed by atoms with Gasteiger partial charge in [-0.3, -0.25) is 4.79 Å². The van der Waals surface area contributed by atoms with Crippen molar-refractivity contribution in [3.63, 3.8) is 0 Å². The van der Waals surface area contributed by atoms with Crippen LogP contribution in [0.5, 0.6) is 0 Å². The summed E-state index contributed by atoms with van der Waals surface area (Å²) in [5, 5.41) is 0. The van der Waals surface area contributed by atoms with Crippen LogP contribution in [-0.4, -0.2) is 73.6 Å². The largest absolute Gasteiger partial charge is 0.368 e. The molecule has 0 bridgehead atoms. The summed E-state index contributed by atoms with van der Waals surface area (Å²) in [4.78, 5) is 16.9. The summed E-state index contributed by atoms with van der Waals surface area (Å²) in [6.45, 7) is 11.3. The fourth-order valence-electron chi connectivity index (χ4n) is 2.21. The molecule has 1 aliphatic rings. The topological polar surface area (TPSA) is 58.8 Å². The van der Waals surface area contributed by atoms with Gasteiger partial charge in [0.25, 0.3) is 0 Å². The van der Waals surface area contributed by atoms with Gasteiger partial charge in [0, 0.05) is 51.8 Å². The molecule has 0 aromatic carbocycles. The number of Topliss-reactive ketones (excluding diaryl/α,β-unsaturated/α-hetero) is 1. The monoisotopic (exact) mass is 285 g/mol. The molecular formula is C15H31N3O2. The van der Waals surface area contributed by atoms with Gasteiger partial charge < -0.3 is 20.3 Å². The second-order valence-corrected chi connectivity index (χ2v) is 6.44. The van der Waals surface area contributed by atoms with Crippen molar-refractivity contribution in [2.75, 3.05) is 46.4 Å². The lowest BCUT2D eigenvalue weighted by Gasteiger charge is -2.33. The summed E-state index contributed by atoms with van der Waals surface area (Å²) >= 11 is 0. The molecule has 5 heteroatoms. The Morgan fingerprint density at radius 1 is 1.30 bits per heavy atom. The highest BCUT2D eigenvalue weighted by Gasteiger charge is 2.28. The molecule has 1 saturated heterocycles. The number of rotatable bonds is 8. The van der Waals surface area contributed by atoms with E-state index in [1.807, 2.05) is 20.8 Å². The smallest absolute Gasteiger partial charge is 0.165 e. The third-order valence-electron chi connectivity index (χ3n) is 3.96. The molecule has 2 N–H and O–H groups in total. The van der Waals surface area contributed by atoms with Crippen LogP contribution >= 0.6 is 0 Å². The maximum absolute atomic E-state index is 12.3. The number of ketones is 1. The van der Waals surface area contributed by atoms with Crippen molar-refractivity contribution in [3.8, 4) is 0 Å². The van der Waals surface area contributed by atoms with E-state index in [0.717, 1.165) is 39.1 Å². The first-order chi connectivity index (χ1) is 9.31. The second kappa shape index (κ2) is 8.08. The molecule has 0 aliphatic carbocycles. The Morgan fingerprint density at radius 3 is 2.45 bits per heavy atom. The fraction of sp³-hybridized carbons (Fsp3) is 0.933. The quantitative estimate of drug-likeness (QED) is 0.712. The van der Waals surface area contributed by atoms with Gasteiger partial charge in [-0.1, -0.05) is 0 Å². The Labute approximate surface area is 123 Å². The second-order valence-electron chi connectivity index (χ2n) is 6.44. The van der Waals surface area contributed by atoms with E-state index in [9.17, 15) is 4.79 Å². The van der Waals surface area contributed by atoms with Crippen molar-refractivity contribution in [1.82, 2.24) is 9.80 Å². The first-order valence-corrected chi connectivity index (χ1v) is 7.65. The van der Waals surface area contributed by atoms with E-state index >= 15 is 0 Å². The zero-order chi connectivity index (χ0) is 15.2. The Kier molecular flexibility index (Phi) is 7.09. The molecule has 118 valence electrons. The Hall–Kier alpha value is -0.490. The lowest BCUT2D eigenvalue weighted by molar-refractivity contribution is -0.141. The average molecular weight is 285 g/mol. The summed E-state index contributed by atoms with van der Waals surface area (Å²) in [5.74, 6) is 0.182. The van der Waals surface area contributed by atoms with E-state index in [-0.39, 0.29) is 11.8 Å². The van der Waals surface area contributed by atoms with Crippen LogP contribution in [0.3, 0.4) is 0 Å². The predicted octanol–water partition coefficient (Wildman–Crippen LogP) is 0.726. The zero-order valence-electron chi connectivity index (χ0n) is 13.5. The van der Waals surface area contributed by atoms with Crippen molar-refractivity contribution < 1.29 is 9.53 Å². The van der Waals surface area contributed by atoms with Crippen molar-refractivity contribution in [1.29, 1.82) is 0 Å². The highest BCUT2D eigenvalue weighted by atomic mass is 16.5. The van der Waals surface area contributed by atoms with Gasteiger partial charge in [0.05, 0.1) is 0 Å². The molecule has 1 unspecified atom stereocenters. The van der Waals surface area contributed by atoms with Crippen LogP contribution in [0.1, 0.15) is 33.6 Å². The summed E-state index contributed by atoms with van der Waals surface area (Å²) in [6, 6.07) is 0.117. The van der Waals surface area contributed by atoms with E-state index < -0.39 is 5.60 Å². The maximum atomic E-state index is 12.3. The van der Waals surface area contributed by atoms with Crippen LogP contribution in [-0.2, 0) is 9.53 Å². The molecule has 1 atom stereocenters. The molecule has 1 heterocycles. The lowest BCUT2D eigenvalue weighted by Crippen LogP contribution is -2.46. The van der Waals surface area contributed by atoms with Crippen LogP contribution in [0.25, 0.3) is 0 Å². The molecule has 0 amide bonds. The number of carbonyl (C=O) groups excluding carboxylic acids is 1. The minimum Gasteiger partial charge on any atom is -0.368 e. The summed E-state index contributed by atoms with van der Waals surface area (Å²) in [7, 11) is 2.14. The van der Waals surface area contributed by atoms with Crippen molar-refractivity contribution >= 4 is 5.78 Å². The van der Waals surface area contributed by atoms with E-state index in [4.69, 9.17) is 10.5 Å². The molecular weight excluding hydrogens is 254 g/mol. The number of likely N-dealkylation sites (N-methyl/N-ethyl adjacent to an activating group) is 1. The molecule has 1 fully saturated rings. The highest BCUT2D eigenvalue weighted by molar-refractivity contribution is 5.86. The average Bonchev–Trinajstić information content (AvgIpc) is 2.37. The van der Waals surface area contributed by atoms with Crippen molar-refractivity contribution in [2.24, 2.45) is 5.73 Å². The summed E-state index contributed by atoms with van der Waals surface area (Å²) < 4.78 is 5.70. The number of ether oxygens (including phenoxy) is 1. The van der Waals surface area contributed by atoms with Gasteiger partial charge in [-0.2, -0.15) is 0 Å². The SMILES string of the molecule is CC(N)CCOC(C)(C)C(=O)CCN1CCN(C)CC1. The van der Waals surface area contributed by atoms with Gasteiger partial charge in [-0.05, 0) is 34.2 Å². The van der Waals surface area contributed by atoms with Gasteiger partial charge in [0.2, 0.25) is 0 Å². The van der Waals surface area contributed by atoms with E-state index in [2.05, 4.69) is 16.8 Å². The minimum atomic E-state index is -0.693. The van der Waals surface area contributed by atoms with Gasteiger partial charge >= 0.3 is 0 Å². The third kappa shape index (κ3) is 6.31. The summed E-state index contributed by atoms with van der Waals surface area (Å²) in [6.07, 6.45) is 1.35. The van der Waals surface area contributed by atoms with Crippen LogP contribution in [0.2, 0.25) is 0 Å². The molecule has 5 nitrogen and oxygen atoms in total. The maximum Gasteiger partial charge on any atom is 0.165 e. The van der Waals surface area contributed by atoms with Crippen LogP contribution < -0.4 is 5.73 Å². The Balaban J connectivity index is 2.26. The van der Waals surface area contributed by atoms with Gasteiger partial charge in [0.1, 0.15) is 5.60 Å². The fourth-order valence-corrected chi connectivity index (χ4v) is 2.21. The lowest BCUT2D eigenvalue weighted by atomic mass is 10.00. The number of piperazine rings is 1. The van der Waals surface area contributed by atoms with Crippen LogP contribution in [0.15, 0.2) is 0 Å². The van der Waals surface area contributed by atoms with Gasteiger partial charge in [0.15, 0.2) is 5.78 Å². The van der Waals surface area contributed by atoms with Crippen molar-refractivity contribution in [3.05, 3.63) is 0 Å². The molecule has 1 aliphatic heterocycles. The van der Waals surface area contributed by atoms with Gasteiger partial charge in [-0.15, -0.1) is 0 Å². The van der Waals surface area contributed by atoms with Gasteiger partial charge in [-0.25, -0.2) is 0 Å². The molecule has 0 aromatic heterocycles. The van der Waals surface area contributed by atoms with Crippen LogP contribution in [0, 0.1) is 0 Å². The first-order valence-electron chi connectivity index (χ1n) is 7.65. The van der Waals surface area contributed by atoms with E-state index in [1.165, 1.54) is 0 Å². The molecule has 0 aromatic rings. The Bertz CT molecular complexity index is 297. The first kappa shape index (κ1) is 17.6. The molecule has 20 heavy (non-hydrogen) atoms. The standard InChI is InChI=1S/C15H31N3O2/c1-13(16)6-12-20-15(2,3)14(19)5-7-18-10-8-17(4)9-11-18/h13H,5-12,16H2,1-4H3. The number of hydrogen-bond donors (Lipinski definition) is 1. The number of nitrogens with zero attached hydrogens (tertiary/aromatic N) is 2. The number of nitrogens with two attached hydrogens (primary N) is 1. The van der Waals surface area contributed by atoms with E-state index in [1.54, 1.807) is 0 Å². The number of hydrogen-bond acceptors (Lipinski definition) is 5. The van der Waals surface area contributed by atoms with Crippen LogP contribution in [0.4, 0.5) is 0 Å². The number of carbonyl (C=O) groups is 1. The predicted molar refractivity (Wildman–Crippen MR) is 81.9 cm³/mol. The minimum absolute atomic E-state index is 0.117. The third-order valence-corrected chi connectivity index (χ3v) is 3.96. The summed E-state index contributed by atoms with van der Waals surface area (Å²) in [5.41, 5.74) is 5.00. The molecule has 0 radical (unpaired) electrons. The highest BCUT2D eigenvalue weighted by Crippen LogP contribution is 2.14. The molecule has 1 rings (SSSR count). The van der Waals surface area contributed by atoms with Crippen molar-refractivity contribution in [2.45, 2.75) is 45.3 Å². The molecule has 0 spiro atoms.